The minimum Gasteiger partial charge on any atom is -0.480 e. The van der Waals surface area contributed by atoms with Crippen molar-refractivity contribution in [2.24, 2.45) is 11.8 Å². The third kappa shape index (κ3) is 12.0. The topological polar surface area (TPSA) is 119 Å². The molecule has 0 bridgehead atoms. The molecular weight excluding hydrogens is 711 g/mol. The molecule has 3 N–H and O–H groups in total. The second-order valence-electron chi connectivity index (χ2n) is 14.3. The van der Waals surface area contributed by atoms with E-state index in [2.05, 4.69) is 15.5 Å². The molecule has 0 aliphatic heterocycles. The van der Waals surface area contributed by atoms with Crippen molar-refractivity contribution in [2.45, 2.75) is 71.6 Å². The van der Waals surface area contributed by atoms with Gasteiger partial charge in [0.05, 0.1) is 6.42 Å². The van der Waals surface area contributed by atoms with E-state index in [0.29, 0.717) is 35.1 Å². The molecule has 0 heterocycles. The van der Waals surface area contributed by atoms with Gasteiger partial charge in [-0.05, 0) is 71.0 Å². The first-order valence-electron chi connectivity index (χ1n) is 18.0. The summed E-state index contributed by atoms with van der Waals surface area (Å²) in [5.74, 6) is -2.95. The maximum Gasteiger partial charge on any atom is 0.326 e. The first-order valence-corrected chi connectivity index (χ1v) is 18.7. The first-order chi connectivity index (χ1) is 25.2. The van der Waals surface area contributed by atoms with E-state index in [1.807, 2.05) is 93.7 Å². The molecule has 282 valence electrons. The van der Waals surface area contributed by atoms with Gasteiger partial charge in [0.25, 0.3) is 0 Å². The van der Waals surface area contributed by atoms with Crippen LogP contribution in [0.3, 0.4) is 0 Å². The number of halogens is 2. The van der Waals surface area contributed by atoms with Crippen LogP contribution in [0.1, 0.15) is 50.8 Å². The van der Waals surface area contributed by atoms with Gasteiger partial charge in [-0.2, -0.15) is 0 Å². The Balaban J connectivity index is 1.68. The number of nitrogens with one attached hydrogen (secondary N) is 2. The van der Waals surface area contributed by atoms with Gasteiger partial charge in [-0.1, -0.05) is 124 Å². The monoisotopic (exact) mass is 760 g/mol. The van der Waals surface area contributed by atoms with Crippen LogP contribution in [0.4, 0.5) is 0 Å². The van der Waals surface area contributed by atoms with Crippen LogP contribution in [0.5, 0.6) is 0 Å². The maximum absolute atomic E-state index is 14.6. The standard InChI is InChI=1S/C42H50Cl2N4O5/c1-27(2)23-37(48(38(49)25-32-12-7-9-16-35(32)44)22-21-47(5)26-29-17-19-33(43)20-18-29)41(51)45-36(40(50)46-39(28(3)4)42(52)53)24-31-14-10-13-30-11-6-8-15-34(30)31/h6-20,27-28,36-37,39H,21-26H2,1-5H3,(H,45,51)(H,46,50)(H,52,53). The summed E-state index contributed by atoms with van der Waals surface area (Å²) in [4.78, 5) is 58.6. The Morgan fingerprint density at radius 1 is 0.755 bits per heavy atom. The number of fused-ring (bicyclic) bond motifs is 1. The summed E-state index contributed by atoms with van der Waals surface area (Å²) in [5, 5.41) is 18.5. The first kappa shape index (κ1) is 41.3. The molecule has 3 atom stereocenters. The molecule has 0 aromatic heterocycles. The molecule has 3 amide bonds. The summed E-state index contributed by atoms with van der Waals surface area (Å²) in [6, 6.07) is 25.0. The van der Waals surface area contributed by atoms with E-state index in [1.54, 1.807) is 36.9 Å². The summed E-state index contributed by atoms with van der Waals surface area (Å²) in [7, 11) is 1.95. The van der Waals surface area contributed by atoms with Crippen LogP contribution in [0.2, 0.25) is 10.0 Å². The zero-order valence-electron chi connectivity index (χ0n) is 31.0. The Morgan fingerprint density at radius 2 is 1.40 bits per heavy atom. The maximum atomic E-state index is 14.6. The molecule has 0 spiro atoms. The second-order valence-corrected chi connectivity index (χ2v) is 15.2. The molecule has 0 fully saturated rings. The third-order valence-electron chi connectivity index (χ3n) is 9.25. The lowest BCUT2D eigenvalue weighted by molar-refractivity contribution is -0.144. The summed E-state index contributed by atoms with van der Waals surface area (Å²) < 4.78 is 0. The molecule has 4 rings (SSSR count). The van der Waals surface area contributed by atoms with Crippen LogP contribution in [-0.4, -0.2) is 76.9 Å². The van der Waals surface area contributed by atoms with Crippen molar-refractivity contribution < 1.29 is 24.3 Å². The van der Waals surface area contributed by atoms with E-state index in [1.165, 1.54) is 0 Å². The van der Waals surface area contributed by atoms with Crippen LogP contribution in [0, 0.1) is 11.8 Å². The number of rotatable bonds is 18. The molecule has 53 heavy (non-hydrogen) atoms. The number of hydrogen-bond donors (Lipinski definition) is 3. The zero-order valence-corrected chi connectivity index (χ0v) is 32.5. The molecule has 4 aromatic carbocycles. The van der Waals surface area contributed by atoms with Crippen molar-refractivity contribution in [1.82, 2.24) is 20.4 Å². The molecule has 0 radical (unpaired) electrons. The fourth-order valence-corrected chi connectivity index (χ4v) is 6.71. The Labute approximate surface area is 322 Å². The number of likely N-dealkylation sites (N-methyl/N-ethyl adjacent to an activating group) is 1. The van der Waals surface area contributed by atoms with Gasteiger partial charge in [-0.3, -0.25) is 14.4 Å². The number of carbonyl (C=O) groups is 4. The number of benzene rings is 4. The van der Waals surface area contributed by atoms with Crippen LogP contribution in [-0.2, 0) is 38.6 Å². The highest BCUT2D eigenvalue weighted by atomic mass is 35.5. The number of carboxylic acid groups (broad SMARTS) is 1. The predicted molar refractivity (Wildman–Crippen MR) is 212 cm³/mol. The Kier molecular flexibility index (Phi) is 15.3. The highest BCUT2D eigenvalue weighted by molar-refractivity contribution is 6.31. The van der Waals surface area contributed by atoms with Gasteiger partial charge in [0.1, 0.15) is 18.1 Å². The van der Waals surface area contributed by atoms with Gasteiger partial charge in [0.2, 0.25) is 17.7 Å². The lowest BCUT2D eigenvalue weighted by Gasteiger charge is -2.35. The smallest absolute Gasteiger partial charge is 0.326 e. The summed E-state index contributed by atoms with van der Waals surface area (Å²) in [5.41, 5.74) is 2.51. The number of amides is 3. The van der Waals surface area contributed by atoms with Crippen LogP contribution in [0.25, 0.3) is 10.8 Å². The number of carbonyl (C=O) groups excluding carboxylic acids is 3. The largest absolute Gasteiger partial charge is 0.480 e. The highest BCUT2D eigenvalue weighted by Crippen LogP contribution is 2.22. The van der Waals surface area contributed by atoms with E-state index >= 15 is 0 Å². The molecular formula is C42H50Cl2N4O5. The molecule has 9 nitrogen and oxygen atoms in total. The van der Waals surface area contributed by atoms with Gasteiger partial charge in [0.15, 0.2) is 0 Å². The number of aliphatic carboxylic acids is 1. The zero-order chi connectivity index (χ0) is 38.7. The second kappa shape index (κ2) is 19.6. The molecule has 11 heteroatoms. The van der Waals surface area contributed by atoms with Crippen LogP contribution >= 0.6 is 23.2 Å². The van der Waals surface area contributed by atoms with Gasteiger partial charge in [0, 0.05) is 36.1 Å². The lowest BCUT2D eigenvalue weighted by Crippen LogP contribution is -2.58. The fraction of sp³-hybridized carbons (Fsp3) is 0.381. The molecule has 0 aliphatic carbocycles. The van der Waals surface area contributed by atoms with Crippen LogP contribution in [0.15, 0.2) is 91.0 Å². The minimum atomic E-state index is -1.17. The van der Waals surface area contributed by atoms with Crippen molar-refractivity contribution in [3.63, 3.8) is 0 Å². The quantitative estimate of drug-likeness (QED) is 0.100. The van der Waals surface area contributed by atoms with Crippen LogP contribution < -0.4 is 10.6 Å². The van der Waals surface area contributed by atoms with E-state index in [4.69, 9.17) is 23.2 Å². The fourth-order valence-electron chi connectivity index (χ4n) is 6.38. The molecule has 3 unspecified atom stereocenters. The van der Waals surface area contributed by atoms with Crippen molar-refractivity contribution >= 4 is 57.7 Å². The average Bonchev–Trinajstić information content (AvgIpc) is 3.11. The van der Waals surface area contributed by atoms with E-state index in [9.17, 15) is 24.3 Å². The summed E-state index contributed by atoms with van der Waals surface area (Å²) in [6.45, 7) is 8.65. The number of hydrogen-bond acceptors (Lipinski definition) is 5. The van der Waals surface area contributed by atoms with Gasteiger partial charge in [-0.15, -0.1) is 0 Å². The molecule has 0 saturated heterocycles. The lowest BCUT2D eigenvalue weighted by atomic mass is 9.96. The van der Waals surface area contributed by atoms with Crippen molar-refractivity contribution in [2.75, 3.05) is 20.1 Å². The Bertz CT molecular complexity index is 1860. The summed E-state index contributed by atoms with van der Waals surface area (Å²) >= 11 is 12.6. The third-order valence-corrected chi connectivity index (χ3v) is 9.87. The summed E-state index contributed by atoms with van der Waals surface area (Å²) in [6.07, 6.45) is 0.416. The van der Waals surface area contributed by atoms with Gasteiger partial charge >= 0.3 is 5.97 Å². The van der Waals surface area contributed by atoms with E-state index in [-0.39, 0.29) is 31.2 Å². The van der Waals surface area contributed by atoms with Crippen molar-refractivity contribution in [3.05, 3.63) is 118 Å². The molecule has 0 saturated carbocycles. The van der Waals surface area contributed by atoms with Crippen molar-refractivity contribution in [3.8, 4) is 0 Å². The average molecular weight is 762 g/mol. The minimum absolute atomic E-state index is 0.0100. The Morgan fingerprint density at radius 3 is 2.06 bits per heavy atom. The molecule has 0 aliphatic rings. The van der Waals surface area contributed by atoms with E-state index in [0.717, 1.165) is 21.9 Å². The predicted octanol–water partition coefficient (Wildman–Crippen LogP) is 7.02. The Hall–Kier alpha value is -4.44. The van der Waals surface area contributed by atoms with Gasteiger partial charge < -0.3 is 25.5 Å². The normalized spacial score (nSPS) is 13.2. The molecule has 4 aromatic rings. The van der Waals surface area contributed by atoms with Gasteiger partial charge in [-0.25, -0.2) is 4.79 Å². The van der Waals surface area contributed by atoms with E-state index < -0.39 is 41.8 Å². The SMILES string of the molecule is CC(C)CC(C(=O)NC(Cc1cccc2ccccc12)C(=O)NC(C(=O)O)C(C)C)N(CCN(C)Cc1ccc(Cl)cc1)C(=O)Cc1ccccc1Cl. The number of nitrogens with zero attached hydrogens (tertiary/aromatic N) is 2. The number of carboxylic acids is 1. The van der Waals surface area contributed by atoms with Crippen molar-refractivity contribution in [1.29, 1.82) is 0 Å². The highest BCUT2D eigenvalue weighted by Gasteiger charge is 2.35.